The van der Waals surface area contributed by atoms with Gasteiger partial charge in [-0.15, -0.1) is 0 Å². The number of benzene rings is 2. The molecule has 1 nitrogen and oxygen atoms in total. The molecule has 0 amide bonds. The molecule has 0 unspecified atom stereocenters. The third kappa shape index (κ3) is 7.78. The Morgan fingerprint density at radius 1 is 0.562 bits per heavy atom. The van der Waals surface area contributed by atoms with Gasteiger partial charge in [0.05, 0.1) is 0 Å². The van der Waals surface area contributed by atoms with Crippen LogP contribution in [0, 0.1) is 5.41 Å². The number of allylic oxidation sites excluding steroid dienone is 4. The summed E-state index contributed by atoms with van der Waals surface area (Å²) >= 11 is 0. The van der Waals surface area contributed by atoms with Crippen molar-refractivity contribution in [1.82, 2.24) is 0 Å². The Hall–Kier alpha value is -2.12. The second-order valence-corrected chi connectivity index (χ2v) is 12.3. The van der Waals surface area contributed by atoms with Gasteiger partial charge in [-0.25, -0.2) is 0 Å². The Labute approximate surface area is 197 Å². The number of hydrogen-bond acceptors (Lipinski definition) is 1. The average Bonchev–Trinajstić information content (AvgIpc) is 2.73. The van der Waals surface area contributed by atoms with E-state index in [1.54, 1.807) is 0 Å². The highest BCUT2D eigenvalue weighted by Gasteiger charge is 2.16. The zero-order chi connectivity index (χ0) is 24.2. The van der Waals surface area contributed by atoms with Gasteiger partial charge in [0.25, 0.3) is 0 Å². The molecule has 2 aromatic rings. The van der Waals surface area contributed by atoms with Crippen LogP contribution >= 0.6 is 0 Å². The fraction of sp³-hybridized carbons (Fsp3) is 0.484. The van der Waals surface area contributed by atoms with Crippen LogP contribution in [0.2, 0.25) is 0 Å². The van der Waals surface area contributed by atoms with E-state index in [0.29, 0.717) is 5.41 Å². The Morgan fingerprint density at radius 2 is 0.844 bits per heavy atom. The van der Waals surface area contributed by atoms with Crippen molar-refractivity contribution in [2.24, 2.45) is 11.1 Å². The van der Waals surface area contributed by atoms with Crippen molar-refractivity contribution in [2.45, 2.75) is 86.0 Å². The van der Waals surface area contributed by atoms with Crippen molar-refractivity contribution in [2.75, 3.05) is 6.54 Å². The lowest BCUT2D eigenvalue weighted by atomic mass is 9.84. The predicted octanol–water partition coefficient (Wildman–Crippen LogP) is 8.53. The zero-order valence-electron chi connectivity index (χ0n) is 22.0. The maximum Gasteiger partial charge on any atom is -0.00285 e. The summed E-state index contributed by atoms with van der Waals surface area (Å²) in [6.45, 7) is 20.7. The molecule has 0 heterocycles. The Morgan fingerprint density at radius 3 is 1.03 bits per heavy atom. The van der Waals surface area contributed by atoms with E-state index in [4.69, 9.17) is 5.73 Å². The fourth-order valence-electron chi connectivity index (χ4n) is 3.49. The Bertz CT molecular complexity index is 845. The molecule has 0 bridgehead atoms. The minimum atomic E-state index is 0.214. The summed E-state index contributed by atoms with van der Waals surface area (Å²) in [7, 11) is 0. The van der Waals surface area contributed by atoms with Gasteiger partial charge in [-0.1, -0.05) is 123 Å². The van der Waals surface area contributed by atoms with Gasteiger partial charge < -0.3 is 5.73 Å². The van der Waals surface area contributed by atoms with E-state index in [1.807, 2.05) is 0 Å². The smallest absolute Gasteiger partial charge is 0.00285 e. The van der Waals surface area contributed by atoms with Gasteiger partial charge >= 0.3 is 0 Å². The predicted molar refractivity (Wildman–Crippen MR) is 144 cm³/mol. The fourth-order valence-corrected chi connectivity index (χ4v) is 3.49. The Kier molecular flexibility index (Phi) is 8.34. The first-order chi connectivity index (χ1) is 14.7. The first-order valence-corrected chi connectivity index (χ1v) is 12.0. The molecule has 0 aromatic heterocycles. The van der Waals surface area contributed by atoms with Gasteiger partial charge in [-0.05, 0) is 69.0 Å². The van der Waals surface area contributed by atoms with Crippen molar-refractivity contribution in [3.63, 3.8) is 0 Å². The maximum absolute atomic E-state index is 5.31. The van der Waals surface area contributed by atoms with Crippen molar-refractivity contribution < 1.29 is 0 Å². The van der Waals surface area contributed by atoms with Gasteiger partial charge in [-0.3, -0.25) is 0 Å². The lowest BCUT2D eigenvalue weighted by Crippen LogP contribution is -2.18. The highest BCUT2D eigenvalue weighted by molar-refractivity contribution is 5.78. The number of nitrogens with two attached hydrogens (primary N) is 1. The number of rotatable bonds is 2. The quantitative estimate of drug-likeness (QED) is 0.506. The van der Waals surface area contributed by atoms with Gasteiger partial charge in [0, 0.05) is 0 Å². The highest BCUT2D eigenvalue weighted by Crippen LogP contribution is 2.33. The minimum Gasteiger partial charge on any atom is -0.330 e. The van der Waals surface area contributed by atoms with Crippen molar-refractivity contribution in [3.05, 3.63) is 82.9 Å². The van der Waals surface area contributed by atoms with E-state index in [0.717, 1.165) is 19.4 Å². The molecule has 0 atom stereocenters. The summed E-state index contributed by atoms with van der Waals surface area (Å²) in [5.74, 6) is 0. The molecule has 0 fully saturated rings. The second-order valence-electron chi connectivity index (χ2n) is 12.3. The average molecular weight is 432 g/mol. The van der Waals surface area contributed by atoms with E-state index >= 15 is 0 Å². The standard InChI is InChI=1S/C26H32.C5H13N/c1-25(2,3)23-15-11-21(12-16-23)19-7-9-20(10-8-19)22-13-17-24(18-14-22)26(4,5)6;1-5(2,3)4-6/h7,9,11-18H,8,10H2,1-6H3;4,6H2,1-3H3. The summed E-state index contributed by atoms with van der Waals surface area (Å²) in [5, 5.41) is 0. The van der Waals surface area contributed by atoms with Crippen LogP contribution in [0.4, 0.5) is 0 Å². The van der Waals surface area contributed by atoms with Crippen LogP contribution in [-0.4, -0.2) is 6.54 Å². The van der Waals surface area contributed by atoms with Crippen LogP contribution in [0.15, 0.2) is 60.7 Å². The molecule has 1 heteroatoms. The summed E-state index contributed by atoms with van der Waals surface area (Å²) in [4.78, 5) is 0. The van der Waals surface area contributed by atoms with Crippen molar-refractivity contribution in [3.8, 4) is 0 Å². The minimum absolute atomic E-state index is 0.214. The molecule has 1 aliphatic rings. The van der Waals surface area contributed by atoms with Gasteiger partial charge in [-0.2, -0.15) is 0 Å². The highest BCUT2D eigenvalue weighted by atomic mass is 14.6. The molecule has 0 aliphatic heterocycles. The van der Waals surface area contributed by atoms with E-state index in [-0.39, 0.29) is 10.8 Å². The molecule has 2 N–H and O–H groups in total. The topological polar surface area (TPSA) is 26.0 Å². The third-order valence-corrected chi connectivity index (χ3v) is 6.01. The van der Waals surface area contributed by atoms with Crippen LogP contribution in [0.3, 0.4) is 0 Å². The van der Waals surface area contributed by atoms with E-state index in [9.17, 15) is 0 Å². The molecule has 3 rings (SSSR count). The van der Waals surface area contributed by atoms with E-state index in [2.05, 4.69) is 123 Å². The molecule has 1 aliphatic carbocycles. The first-order valence-electron chi connectivity index (χ1n) is 12.0. The van der Waals surface area contributed by atoms with E-state index < -0.39 is 0 Å². The summed E-state index contributed by atoms with van der Waals surface area (Å²) in [6.07, 6.45) is 6.84. The molecule has 0 spiro atoms. The van der Waals surface area contributed by atoms with Gasteiger partial charge in [0.15, 0.2) is 0 Å². The summed E-state index contributed by atoms with van der Waals surface area (Å²) in [5.41, 5.74) is 14.5. The van der Waals surface area contributed by atoms with Gasteiger partial charge in [0.2, 0.25) is 0 Å². The normalized spacial score (nSPS) is 14.8. The SMILES string of the molecule is CC(C)(C)CN.CC(C)(C)c1ccc(C2=CC=C(c3ccc(C(C)(C)C)cc3)CC2)cc1. The molecule has 32 heavy (non-hydrogen) atoms. The molecule has 0 saturated heterocycles. The van der Waals surface area contributed by atoms with Crippen LogP contribution < -0.4 is 5.73 Å². The lowest BCUT2D eigenvalue weighted by Gasteiger charge is -2.21. The maximum atomic E-state index is 5.31. The first kappa shape index (κ1) is 26.1. The molecule has 0 radical (unpaired) electrons. The van der Waals surface area contributed by atoms with Crippen LogP contribution in [-0.2, 0) is 10.8 Å². The molecular formula is C31H45N. The molecule has 174 valence electrons. The van der Waals surface area contributed by atoms with Crippen molar-refractivity contribution in [1.29, 1.82) is 0 Å². The van der Waals surface area contributed by atoms with Crippen LogP contribution in [0.25, 0.3) is 11.1 Å². The molecular weight excluding hydrogens is 386 g/mol. The molecule has 0 saturated carbocycles. The monoisotopic (exact) mass is 431 g/mol. The largest absolute Gasteiger partial charge is 0.330 e. The van der Waals surface area contributed by atoms with E-state index in [1.165, 1.54) is 33.4 Å². The number of hydrogen-bond donors (Lipinski definition) is 1. The van der Waals surface area contributed by atoms with Crippen molar-refractivity contribution >= 4 is 11.1 Å². The van der Waals surface area contributed by atoms with Crippen LogP contribution in [0.1, 0.15) is 97.4 Å². The lowest BCUT2D eigenvalue weighted by molar-refractivity contribution is 0.428. The summed E-state index contributed by atoms with van der Waals surface area (Å²) in [6, 6.07) is 18.2. The second kappa shape index (κ2) is 10.2. The van der Waals surface area contributed by atoms with Gasteiger partial charge in [0.1, 0.15) is 0 Å². The third-order valence-electron chi connectivity index (χ3n) is 6.01. The van der Waals surface area contributed by atoms with Crippen LogP contribution in [0.5, 0.6) is 0 Å². The summed E-state index contributed by atoms with van der Waals surface area (Å²) < 4.78 is 0. The Balaban J connectivity index is 0.000000534. The zero-order valence-corrected chi connectivity index (χ0v) is 22.0. The molecule has 2 aromatic carbocycles.